The van der Waals surface area contributed by atoms with E-state index in [0.29, 0.717) is 25.1 Å². The first kappa shape index (κ1) is 15.5. The third-order valence-electron chi connectivity index (χ3n) is 3.17. The van der Waals surface area contributed by atoms with Gasteiger partial charge in [0.2, 0.25) is 5.91 Å². The quantitative estimate of drug-likeness (QED) is 0.899. The van der Waals surface area contributed by atoms with Gasteiger partial charge >= 0.3 is 6.18 Å². The number of carbonyl (C=O) groups is 1. The number of anilines is 1. The Balaban J connectivity index is 2.00. The van der Waals surface area contributed by atoms with Crippen LogP contribution in [0, 0.1) is 0 Å². The van der Waals surface area contributed by atoms with Crippen LogP contribution in [-0.2, 0) is 4.79 Å². The fourth-order valence-electron chi connectivity index (χ4n) is 2.16. The Bertz CT molecular complexity index is 491. The zero-order chi connectivity index (χ0) is 15.3. The summed E-state index contributed by atoms with van der Waals surface area (Å²) < 4.78 is 41.5. The summed E-state index contributed by atoms with van der Waals surface area (Å²) in [7, 11) is 0. The second-order valence-corrected chi connectivity index (χ2v) is 4.92. The summed E-state index contributed by atoms with van der Waals surface area (Å²) in [6, 6.07) is 6.54. The molecule has 1 aliphatic heterocycles. The molecular weight excluding hydrogens is 285 g/mol. The van der Waals surface area contributed by atoms with Crippen molar-refractivity contribution >= 4 is 11.6 Å². The van der Waals surface area contributed by atoms with Crippen LogP contribution in [0.15, 0.2) is 24.3 Å². The van der Waals surface area contributed by atoms with Crippen LogP contribution in [0.3, 0.4) is 0 Å². The number of rotatable bonds is 4. The summed E-state index contributed by atoms with van der Waals surface area (Å²) in [5.41, 5.74) is 0.515. The number of hydrogen-bond donors (Lipinski definition) is 2. The number of carbonyl (C=O) groups excluding carboxylic acids is 1. The van der Waals surface area contributed by atoms with Gasteiger partial charge in [-0.05, 0) is 25.0 Å². The number of para-hydroxylation sites is 2. The summed E-state index contributed by atoms with van der Waals surface area (Å²) >= 11 is 0. The van der Waals surface area contributed by atoms with Crippen molar-refractivity contribution in [2.24, 2.45) is 0 Å². The maximum Gasteiger partial charge on any atom is 0.422 e. The van der Waals surface area contributed by atoms with Crippen molar-refractivity contribution in [2.75, 3.05) is 18.5 Å². The van der Waals surface area contributed by atoms with Crippen LogP contribution in [0.25, 0.3) is 0 Å². The van der Waals surface area contributed by atoms with E-state index in [4.69, 9.17) is 4.74 Å². The van der Waals surface area contributed by atoms with E-state index in [0.717, 1.165) is 6.42 Å². The van der Waals surface area contributed by atoms with E-state index in [1.807, 2.05) is 0 Å². The van der Waals surface area contributed by atoms with E-state index in [9.17, 15) is 18.0 Å². The SMILES string of the molecule is O=C1CC[C@H](Nc2ccccc2OCC(F)(F)F)CCN1. The minimum absolute atomic E-state index is 0.000839. The summed E-state index contributed by atoms with van der Waals surface area (Å²) in [6.07, 6.45) is -2.60. The number of amides is 1. The van der Waals surface area contributed by atoms with Crippen LogP contribution in [0.2, 0.25) is 0 Å². The lowest BCUT2D eigenvalue weighted by molar-refractivity contribution is -0.153. The Morgan fingerprint density at radius 3 is 2.81 bits per heavy atom. The molecule has 1 aliphatic rings. The van der Waals surface area contributed by atoms with Crippen molar-refractivity contribution < 1.29 is 22.7 Å². The molecule has 4 nitrogen and oxygen atoms in total. The van der Waals surface area contributed by atoms with Gasteiger partial charge in [-0.3, -0.25) is 4.79 Å². The highest BCUT2D eigenvalue weighted by molar-refractivity contribution is 5.76. The predicted molar refractivity (Wildman–Crippen MR) is 72.3 cm³/mol. The number of alkyl halides is 3. The normalized spacial score (nSPS) is 19.6. The molecule has 7 heteroatoms. The van der Waals surface area contributed by atoms with Gasteiger partial charge in [0.1, 0.15) is 5.75 Å². The van der Waals surface area contributed by atoms with Crippen LogP contribution in [0.4, 0.5) is 18.9 Å². The second kappa shape index (κ2) is 6.69. The summed E-state index contributed by atoms with van der Waals surface area (Å²) in [6.45, 7) is -0.765. The molecule has 2 rings (SSSR count). The van der Waals surface area contributed by atoms with E-state index >= 15 is 0 Å². The van der Waals surface area contributed by atoms with Gasteiger partial charge in [0.05, 0.1) is 5.69 Å². The van der Waals surface area contributed by atoms with Gasteiger partial charge in [0, 0.05) is 19.0 Å². The number of benzene rings is 1. The molecule has 0 unspecified atom stereocenters. The van der Waals surface area contributed by atoms with Gasteiger partial charge < -0.3 is 15.4 Å². The lowest BCUT2D eigenvalue weighted by atomic mass is 10.1. The Morgan fingerprint density at radius 2 is 2.05 bits per heavy atom. The third kappa shape index (κ3) is 5.17. The first-order valence-corrected chi connectivity index (χ1v) is 6.76. The molecule has 1 aromatic rings. The molecule has 1 amide bonds. The van der Waals surface area contributed by atoms with Crippen molar-refractivity contribution in [2.45, 2.75) is 31.5 Å². The average Bonchev–Trinajstić information content (AvgIpc) is 2.62. The minimum atomic E-state index is -4.37. The Kier molecular flexibility index (Phi) is 4.93. The largest absolute Gasteiger partial charge is 0.482 e. The van der Waals surface area contributed by atoms with Gasteiger partial charge in [0.25, 0.3) is 0 Å². The zero-order valence-corrected chi connectivity index (χ0v) is 11.4. The molecule has 1 heterocycles. The molecular formula is C14H17F3N2O2. The van der Waals surface area contributed by atoms with Crippen molar-refractivity contribution in [3.8, 4) is 5.75 Å². The first-order chi connectivity index (χ1) is 9.94. The highest BCUT2D eigenvalue weighted by Gasteiger charge is 2.29. The standard InChI is InChI=1S/C14H17F3N2O2/c15-14(16,17)9-21-12-4-2-1-3-11(12)19-10-5-6-13(20)18-8-7-10/h1-4,10,19H,5-9H2,(H,18,20)/t10-/m0/s1. The Labute approximate surface area is 120 Å². The molecule has 1 fully saturated rings. The smallest absolute Gasteiger partial charge is 0.422 e. The number of nitrogens with one attached hydrogen (secondary N) is 2. The highest BCUT2D eigenvalue weighted by Crippen LogP contribution is 2.28. The van der Waals surface area contributed by atoms with Crippen LogP contribution in [-0.4, -0.2) is 31.3 Å². The number of ether oxygens (including phenoxy) is 1. The summed E-state index contributed by atoms with van der Waals surface area (Å²) in [4.78, 5) is 11.3. The van der Waals surface area contributed by atoms with Crippen LogP contribution < -0.4 is 15.4 Å². The van der Waals surface area contributed by atoms with E-state index in [1.54, 1.807) is 18.2 Å². The van der Waals surface area contributed by atoms with Crippen molar-refractivity contribution in [3.63, 3.8) is 0 Å². The molecule has 1 atom stereocenters. The molecule has 0 saturated carbocycles. The van der Waals surface area contributed by atoms with E-state index in [1.165, 1.54) is 6.07 Å². The van der Waals surface area contributed by atoms with Crippen molar-refractivity contribution in [3.05, 3.63) is 24.3 Å². The van der Waals surface area contributed by atoms with Gasteiger partial charge in [-0.1, -0.05) is 12.1 Å². The van der Waals surface area contributed by atoms with Gasteiger partial charge in [0.15, 0.2) is 6.61 Å². The monoisotopic (exact) mass is 302 g/mol. The van der Waals surface area contributed by atoms with E-state index in [2.05, 4.69) is 10.6 Å². The molecule has 0 radical (unpaired) electrons. The molecule has 1 aromatic carbocycles. The molecule has 0 aliphatic carbocycles. The number of halogens is 3. The van der Waals surface area contributed by atoms with Crippen molar-refractivity contribution in [1.29, 1.82) is 0 Å². The topological polar surface area (TPSA) is 50.4 Å². The van der Waals surface area contributed by atoms with Gasteiger partial charge in [-0.15, -0.1) is 0 Å². The van der Waals surface area contributed by atoms with Gasteiger partial charge in [-0.25, -0.2) is 0 Å². The maximum absolute atomic E-state index is 12.2. The predicted octanol–water partition coefficient (Wildman–Crippen LogP) is 2.71. The molecule has 1 saturated heterocycles. The molecule has 0 spiro atoms. The van der Waals surface area contributed by atoms with Crippen molar-refractivity contribution in [1.82, 2.24) is 5.32 Å². The van der Waals surface area contributed by atoms with Crippen LogP contribution in [0.5, 0.6) is 5.75 Å². The summed E-state index contributed by atoms with van der Waals surface area (Å²) in [5.74, 6) is 0.166. The lowest BCUT2D eigenvalue weighted by Crippen LogP contribution is -2.24. The molecule has 116 valence electrons. The fourth-order valence-corrected chi connectivity index (χ4v) is 2.16. The molecule has 0 bridgehead atoms. The third-order valence-corrected chi connectivity index (χ3v) is 3.17. The van der Waals surface area contributed by atoms with Crippen LogP contribution in [0.1, 0.15) is 19.3 Å². The molecule has 21 heavy (non-hydrogen) atoms. The maximum atomic E-state index is 12.2. The minimum Gasteiger partial charge on any atom is -0.482 e. The average molecular weight is 302 g/mol. The second-order valence-electron chi connectivity index (χ2n) is 4.92. The fraction of sp³-hybridized carbons (Fsp3) is 0.500. The summed E-state index contributed by atoms with van der Waals surface area (Å²) in [5, 5.41) is 5.92. The zero-order valence-electron chi connectivity index (χ0n) is 11.4. The number of hydrogen-bond acceptors (Lipinski definition) is 3. The van der Waals surface area contributed by atoms with E-state index in [-0.39, 0.29) is 17.7 Å². The van der Waals surface area contributed by atoms with Crippen LogP contribution >= 0.6 is 0 Å². The Hall–Kier alpha value is -1.92. The Morgan fingerprint density at radius 1 is 1.29 bits per heavy atom. The first-order valence-electron chi connectivity index (χ1n) is 6.76. The lowest BCUT2D eigenvalue weighted by Gasteiger charge is -2.20. The highest BCUT2D eigenvalue weighted by atomic mass is 19.4. The van der Waals surface area contributed by atoms with Gasteiger partial charge in [-0.2, -0.15) is 13.2 Å². The molecule has 2 N–H and O–H groups in total. The van der Waals surface area contributed by atoms with E-state index < -0.39 is 12.8 Å². The molecule has 0 aromatic heterocycles.